The second-order valence-electron chi connectivity index (χ2n) is 3.21. The highest BCUT2D eigenvalue weighted by Gasteiger charge is 2.38. The van der Waals surface area contributed by atoms with Crippen LogP contribution in [0.15, 0.2) is 12.7 Å². The first kappa shape index (κ1) is 15.4. The Labute approximate surface area is 95.7 Å². The first-order valence-electron chi connectivity index (χ1n) is 4.71. The minimum absolute atomic E-state index is 0.0753. The lowest BCUT2D eigenvalue weighted by Gasteiger charge is -2.07. The number of alkyl halides is 3. The van der Waals surface area contributed by atoms with Crippen LogP contribution in [0.25, 0.3) is 0 Å². The van der Waals surface area contributed by atoms with Crippen molar-refractivity contribution in [3.05, 3.63) is 12.7 Å². The number of hydrogen-bond donors (Lipinski definition) is 3. The third-order valence-electron chi connectivity index (χ3n) is 1.83. The number of carboxylic acids is 1. The SMILES string of the molecule is C=CC(=O)N[C@@H]1CCNC1.O=C(O)C(F)(F)F. The first-order chi connectivity index (χ1) is 7.77. The van der Waals surface area contributed by atoms with Crippen LogP contribution in [0.4, 0.5) is 13.2 Å². The van der Waals surface area contributed by atoms with Gasteiger partial charge in [-0.2, -0.15) is 13.2 Å². The summed E-state index contributed by atoms with van der Waals surface area (Å²) in [6.45, 7) is 5.26. The molecule has 1 aliphatic heterocycles. The summed E-state index contributed by atoms with van der Waals surface area (Å²) < 4.78 is 31.7. The van der Waals surface area contributed by atoms with Crippen molar-refractivity contribution in [1.82, 2.24) is 10.6 Å². The molecule has 1 atom stereocenters. The number of halogens is 3. The maximum Gasteiger partial charge on any atom is 0.490 e. The van der Waals surface area contributed by atoms with Crippen molar-refractivity contribution in [2.24, 2.45) is 0 Å². The number of carbonyl (C=O) groups is 2. The molecule has 8 heteroatoms. The van der Waals surface area contributed by atoms with Gasteiger partial charge in [-0.3, -0.25) is 4.79 Å². The van der Waals surface area contributed by atoms with Crippen LogP contribution in [0.1, 0.15) is 6.42 Å². The molecule has 0 aromatic heterocycles. The minimum Gasteiger partial charge on any atom is -0.475 e. The molecule has 1 fully saturated rings. The molecule has 0 radical (unpaired) electrons. The van der Waals surface area contributed by atoms with Crippen LogP contribution in [0.5, 0.6) is 0 Å². The van der Waals surface area contributed by atoms with Crippen molar-refractivity contribution < 1.29 is 27.9 Å². The lowest BCUT2D eigenvalue weighted by atomic mass is 10.2. The highest BCUT2D eigenvalue weighted by molar-refractivity contribution is 5.87. The number of rotatable bonds is 2. The Kier molecular flexibility index (Phi) is 6.26. The van der Waals surface area contributed by atoms with Gasteiger partial charge in [-0.15, -0.1) is 0 Å². The third kappa shape index (κ3) is 7.34. The summed E-state index contributed by atoms with van der Waals surface area (Å²) in [5, 5.41) is 13.1. The third-order valence-corrected chi connectivity index (χ3v) is 1.83. The predicted octanol–water partition coefficient (Wildman–Crippen LogP) is 0.284. The molecule has 1 amide bonds. The molecule has 0 bridgehead atoms. The number of aliphatic carboxylic acids is 1. The van der Waals surface area contributed by atoms with Gasteiger partial charge in [0.15, 0.2) is 0 Å². The summed E-state index contributed by atoms with van der Waals surface area (Å²) in [5.41, 5.74) is 0. The van der Waals surface area contributed by atoms with Crippen molar-refractivity contribution in [2.45, 2.75) is 18.6 Å². The van der Waals surface area contributed by atoms with E-state index in [2.05, 4.69) is 17.2 Å². The van der Waals surface area contributed by atoms with E-state index in [4.69, 9.17) is 9.90 Å². The van der Waals surface area contributed by atoms with Crippen LogP contribution >= 0.6 is 0 Å². The summed E-state index contributed by atoms with van der Waals surface area (Å²) in [7, 11) is 0. The molecule has 1 rings (SSSR count). The zero-order chi connectivity index (χ0) is 13.5. The molecule has 17 heavy (non-hydrogen) atoms. The van der Waals surface area contributed by atoms with Crippen molar-refractivity contribution in [2.75, 3.05) is 13.1 Å². The van der Waals surface area contributed by atoms with Gasteiger partial charge in [0.25, 0.3) is 0 Å². The molecule has 5 nitrogen and oxygen atoms in total. The van der Waals surface area contributed by atoms with Gasteiger partial charge in [0, 0.05) is 12.6 Å². The molecule has 98 valence electrons. The molecular formula is C9H13F3N2O3. The van der Waals surface area contributed by atoms with Crippen molar-refractivity contribution in [1.29, 1.82) is 0 Å². The lowest BCUT2D eigenvalue weighted by Crippen LogP contribution is -2.34. The van der Waals surface area contributed by atoms with Gasteiger partial charge < -0.3 is 15.7 Å². The quantitative estimate of drug-likeness (QED) is 0.619. The van der Waals surface area contributed by atoms with Crippen LogP contribution in [0.2, 0.25) is 0 Å². The Morgan fingerprint density at radius 2 is 2.00 bits per heavy atom. The molecule has 0 unspecified atom stereocenters. The Balaban J connectivity index is 0.000000325. The zero-order valence-electron chi connectivity index (χ0n) is 8.88. The average molecular weight is 254 g/mol. The summed E-state index contributed by atoms with van der Waals surface area (Å²) in [6, 6.07) is 0.311. The fourth-order valence-corrected chi connectivity index (χ4v) is 1.04. The van der Waals surface area contributed by atoms with E-state index in [1.54, 1.807) is 0 Å². The van der Waals surface area contributed by atoms with Gasteiger partial charge in [-0.1, -0.05) is 6.58 Å². The van der Waals surface area contributed by atoms with E-state index in [-0.39, 0.29) is 5.91 Å². The average Bonchev–Trinajstić information content (AvgIpc) is 2.69. The predicted molar refractivity (Wildman–Crippen MR) is 53.3 cm³/mol. The maximum atomic E-state index is 10.7. The standard InChI is InChI=1S/C7H12N2O.C2HF3O2/c1-2-7(10)9-6-3-4-8-5-6;3-2(4,5)1(6)7/h2,6,8H,1,3-5H2,(H,9,10);(H,6,7)/t6-;/m1./s1. The van der Waals surface area contributed by atoms with Gasteiger partial charge in [-0.25, -0.2) is 4.79 Å². The van der Waals surface area contributed by atoms with Crippen LogP contribution in [-0.4, -0.2) is 42.3 Å². The van der Waals surface area contributed by atoms with Gasteiger partial charge in [-0.05, 0) is 19.0 Å². The molecule has 0 aromatic carbocycles. The van der Waals surface area contributed by atoms with E-state index in [9.17, 15) is 18.0 Å². The molecule has 0 saturated carbocycles. The number of hydrogen-bond acceptors (Lipinski definition) is 3. The highest BCUT2D eigenvalue weighted by atomic mass is 19.4. The van der Waals surface area contributed by atoms with Crippen molar-refractivity contribution >= 4 is 11.9 Å². The maximum absolute atomic E-state index is 10.7. The Bertz CT molecular complexity index is 286. The zero-order valence-corrected chi connectivity index (χ0v) is 8.88. The van der Waals surface area contributed by atoms with Gasteiger partial charge >= 0.3 is 12.1 Å². The summed E-state index contributed by atoms with van der Waals surface area (Å²) in [4.78, 5) is 19.6. The molecular weight excluding hydrogens is 241 g/mol. The van der Waals surface area contributed by atoms with Crippen molar-refractivity contribution in [3.63, 3.8) is 0 Å². The summed E-state index contributed by atoms with van der Waals surface area (Å²) in [5.74, 6) is -2.83. The summed E-state index contributed by atoms with van der Waals surface area (Å²) in [6.07, 6.45) is -2.75. The van der Waals surface area contributed by atoms with Crippen LogP contribution in [0, 0.1) is 0 Å². The number of nitrogens with one attached hydrogen (secondary N) is 2. The molecule has 0 aliphatic carbocycles. The Hall–Kier alpha value is -1.57. The van der Waals surface area contributed by atoms with E-state index in [1.807, 2.05) is 0 Å². The number of carbonyl (C=O) groups excluding carboxylic acids is 1. The van der Waals surface area contributed by atoms with Crippen LogP contribution < -0.4 is 10.6 Å². The molecule has 0 spiro atoms. The molecule has 1 saturated heterocycles. The van der Waals surface area contributed by atoms with Gasteiger partial charge in [0.05, 0.1) is 0 Å². The largest absolute Gasteiger partial charge is 0.490 e. The second kappa shape index (κ2) is 6.89. The smallest absolute Gasteiger partial charge is 0.475 e. The Morgan fingerprint density at radius 3 is 2.29 bits per heavy atom. The highest BCUT2D eigenvalue weighted by Crippen LogP contribution is 2.13. The first-order valence-corrected chi connectivity index (χ1v) is 4.71. The topological polar surface area (TPSA) is 78.4 Å². The van der Waals surface area contributed by atoms with Gasteiger partial charge in [0.2, 0.25) is 5.91 Å². The molecule has 0 aromatic rings. The molecule has 1 heterocycles. The second-order valence-corrected chi connectivity index (χ2v) is 3.21. The lowest BCUT2D eigenvalue weighted by molar-refractivity contribution is -0.192. The summed E-state index contributed by atoms with van der Waals surface area (Å²) >= 11 is 0. The fraction of sp³-hybridized carbons (Fsp3) is 0.556. The number of carboxylic acid groups (broad SMARTS) is 1. The number of amides is 1. The van der Waals surface area contributed by atoms with Gasteiger partial charge in [0.1, 0.15) is 0 Å². The van der Waals surface area contributed by atoms with E-state index in [1.165, 1.54) is 6.08 Å². The minimum atomic E-state index is -5.08. The normalized spacial score (nSPS) is 18.9. The van der Waals surface area contributed by atoms with E-state index >= 15 is 0 Å². The Morgan fingerprint density at radius 1 is 1.47 bits per heavy atom. The van der Waals surface area contributed by atoms with E-state index in [0.717, 1.165) is 19.5 Å². The van der Waals surface area contributed by atoms with E-state index < -0.39 is 12.1 Å². The van der Waals surface area contributed by atoms with Crippen molar-refractivity contribution in [3.8, 4) is 0 Å². The van der Waals surface area contributed by atoms with Crippen LogP contribution in [-0.2, 0) is 9.59 Å². The monoisotopic (exact) mass is 254 g/mol. The van der Waals surface area contributed by atoms with E-state index in [0.29, 0.717) is 6.04 Å². The molecule has 3 N–H and O–H groups in total. The van der Waals surface area contributed by atoms with Crippen LogP contribution in [0.3, 0.4) is 0 Å². The molecule has 1 aliphatic rings. The fourth-order valence-electron chi connectivity index (χ4n) is 1.04.